The van der Waals surface area contributed by atoms with E-state index in [2.05, 4.69) is 37.6 Å². The van der Waals surface area contributed by atoms with Gasteiger partial charge in [-0.15, -0.1) is 20.4 Å². The maximum atomic E-state index is 15.0. The van der Waals surface area contributed by atoms with Crippen molar-refractivity contribution in [2.75, 3.05) is 50.0 Å². The number of nitrogens with one attached hydrogen (secondary N) is 2. The predicted molar refractivity (Wildman–Crippen MR) is 240 cm³/mol. The highest BCUT2D eigenvalue weighted by atomic mass is 19.4. The molecule has 4 atom stereocenters. The number of rotatable bonds is 9. The summed E-state index contributed by atoms with van der Waals surface area (Å²) in [5.74, 6) is -1.92. The van der Waals surface area contributed by atoms with Gasteiger partial charge in [-0.1, -0.05) is 55.1 Å². The average Bonchev–Trinajstić information content (AvgIpc) is 3.92. The van der Waals surface area contributed by atoms with Gasteiger partial charge in [-0.25, -0.2) is 13.6 Å². The minimum atomic E-state index is -4.48. The molecule has 0 aliphatic carbocycles. The zero-order chi connectivity index (χ0) is 50.0. The average molecular weight is 967 g/mol. The number of nitrogens with zero attached hydrogens (tertiary/aromatic N) is 6. The van der Waals surface area contributed by atoms with Gasteiger partial charge in [0.05, 0.1) is 34.0 Å². The number of alkyl halides is 6. The van der Waals surface area contributed by atoms with Crippen LogP contribution in [0, 0.1) is 23.5 Å². The monoisotopic (exact) mass is 966 g/mol. The van der Waals surface area contributed by atoms with E-state index in [0.717, 1.165) is 24.3 Å². The molecule has 8 rings (SSSR count). The number of aliphatic hydroxyl groups is 2. The standard InChI is InChI=1S/C25H26F4N4O3.C23H20F4N4O2/c1-24(2,3)36-23(35)33-11-15(13-34)19(12-33)30-22-20-17(5-4-6-18(20)26)21(31-32-22)14-7-9-16(10-8-14)25(27,28)29;1-2-19(33)31-10-14(12-32)18(11-31)28-22-20-16(4-3-5-17(20)24)21(29-30-22)13-6-8-15(9-7-13)23(25,26)27/h4-10,15,19,34H,11-13H2,1-3H3,(H,30,32);2-9,14,18,32H,1,10-12H2,(H,28,30)/t15-,19+;14-,18+/m00/s1. The quantitative estimate of drug-likeness (QED) is 0.0808. The molecule has 21 heteroatoms. The SMILES string of the molecule is C=CC(=O)N1C[C@@H](CO)[C@H](Nc2nnc(-c3ccc(C(F)(F)F)cc3)c3cccc(F)c23)C1.CC(C)(C)OC(=O)N1C[C@@H](CO)[C@H](Nc2nnc(-c3ccc(C(F)(F)F)cc3)c3cccc(F)c23)C1. The minimum absolute atomic E-state index is 0.105. The third-order valence-electron chi connectivity index (χ3n) is 11.6. The van der Waals surface area contributed by atoms with Crippen molar-refractivity contribution in [1.29, 1.82) is 0 Å². The lowest BCUT2D eigenvalue weighted by Crippen LogP contribution is -2.36. The lowest BCUT2D eigenvalue weighted by atomic mass is 10.0. The van der Waals surface area contributed by atoms with Crippen molar-refractivity contribution in [3.8, 4) is 22.5 Å². The van der Waals surface area contributed by atoms with Gasteiger partial charge in [0, 0.05) is 73.1 Å². The summed E-state index contributed by atoms with van der Waals surface area (Å²) >= 11 is 0. The van der Waals surface area contributed by atoms with E-state index in [9.17, 15) is 50.5 Å². The Morgan fingerprint density at radius 2 is 1.06 bits per heavy atom. The predicted octanol–water partition coefficient (Wildman–Crippen LogP) is 8.97. The molecule has 2 saturated heterocycles. The fourth-order valence-corrected chi connectivity index (χ4v) is 8.17. The molecule has 4 N–H and O–H groups in total. The van der Waals surface area contributed by atoms with E-state index in [1.54, 1.807) is 32.9 Å². The lowest BCUT2D eigenvalue weighted by Gasteiger charge is -2.24. The molecule has 2 aliphatic heterocycles. The van der Waals surface area contributed by atoms with Crippen LogP contribution in [-0.2, 0) is 21.9 Å². The molecule has 4 heterocycles. The molecule has 2 amide bonds. The molecule has 13 nitrogen and oxygen atoms in total. The summed E-state index contributed by atoms with van der Waals surface area (Å²) < 4.78 is 113. The number of hydrogen-bond acceptors (Lipinski definition) is 11. The molecule has 0 unspecified atom stereocenters. The van der Waals surface area contributed by atoms with Crippen molar-refractivity contribution in [3.63, 3.8) is 0 Å². The van der Waals surface area contributed by atoms with Crippen molar-refractivity contribution in [1.82, 2.24) is 30.2 Å². The van der Waals surface area contributed by atoms with Gasteiger partial charge in [-0.05, 0) is 63.2 Å². The molecule has 364 valence electrons. The first-order valence-electron chi connectivity index (χ1n) is 21.5. The number of likely N-dealkylation sites (tertiary alicyclic amines) is 2. The van der Waals surface area contributed by atoms with E-state index in [1.165, 1.54) is 64.4 Å². The Morgan fingerprint density at radius 3 is 1.43 bits per heavy atom. The van der Waals surface area contributed by atoms with Crippen molar-refractivity contribution in [2.45, 2.75) is 50.8 Å². The molecular weight excluding hydrogens is 921 g/mol. The number of benzene rings is 4. The van der Waals surface area contributed by atoms with Crippen LogP contribution in [0.25, 0.3) is 44.1 Å². The van der Waals surface area contributed by atoms with Crippen LogP contribution in [0.2, 0.25) is 0 Å². The van der Waals surface area contributed by atoms with Crippen molar-refractivity contribution >= 4 is 45.2 Å². The Kier molecular flexibility index (Phi) is 14.4. The highest BCUT2D eigenvalue weighted by molar-refractivity contribution is 6.01. The number of carbonyl (C=O) groups excluding carboxylic acids is 2. The first-order chi connectivity index (χ1) is 32.6. The van der Waals surface area contributed by atoms with Gasteiger partial charge < -0.3 is 35.4 Å². The molecule has 0 radical (unpaired) electrons. The molecule has 2 aliphatic rings. The Labute approximate surface area is 389 Å². The van der Waals surface area contributed by atoms with Crippen LogP contribution in [0.15, 0.2) is 97.6 Å². The summed E-state index contributed by atoms with van der Waals surface area (Å²) in [6.07, 6.45) is -8.29. The van der Waals surface area contributed by atoms with Gasteiger partial charge in [0.1, 0.15) is 28.6 Å². The Balaban J connectivity index is 0.000000205. The second-order valence-corrected chi connectivity index (χ2v) is 17.5. The van der Waals surface area contributed by atoms with Crippen LogP contribution in [0.3, 0.4) is 0 Å². The third kappa shape index (κ3) is 11.2. The van der Waals surface area contributed by atoms with Gasteiger partial charge >= 0.3 is 18.4 Å². The fraction of sp³-hybridized carbons (Fsp3) is 0.333. The zero-order valence-corrected chi connectivity index (χ0v) is 37.2. The molecule has 6 aromatic rings. The number of hydrogen-bond donors (Lipinski definition) is 4. The zero-order valence-electron chi connectivity index (χ0n) is 37.2. The summed E-state index contributed by atoms with van der Waals surface area (Å²) in [7, 11) is 0. The minimum Gasteiger partial charge on any atom is -0.444 e. The van der Waals surface area contributed by atoms with E-state index >= 15 is 4.39 Å². The fourth-order valence-electron chi connectivity index (χ4n) is 8.17. The van der Waals surface area contributed by atoms with E-state index in [-0.39, 0.29) is 84.4 Å². The van der Waals surface area contributed by atoms with E-state index < -0.39 is 58.9 Å². The molecule has 2 aromatic heterocycles. The van der Waals surface area contributed by atoms with E-state index in [4.69, 9.17) is 4.74 Å². The largest absolute Gasteiger partial charge is 0.444 e. The number of amides is 2. The van der Waals surface area contributed by atoms with Crippen LogP contribution < -0.4 is 10.6 Å². The number of anilines is 2. The van der Waals surface area contributed by atoms with Crippen molar-refractivity contribution in [3.05, 3.63) is 120 Å². The third-order valence-corrected chi connectivity index (χ3v) is 11.6. The van der Waals surface area contributed by atoms with Gasteiger partial charge in [0.25, 0.3) is 0 Å². The molecule has 2 fully saturated rings. The molecular formula is C48H46F8N8O5. The normalized spacial score (nSPS) is 18.5. The number of carbonyl (C=O) groups is 2. The van der Waals surface area contributed by atoms with Crippen LogP contribution in [0.5, 0.6) is 0 Å². The van der Waals surface area contributed by atoms with Gasteiger partial charge in [0.2, 0.25) is 5.91 Å². The number of aromatic nitrogens is 4. The first kappa shape index (κ1) is 49.9. The second-order valence-electron chi connectivity index (χ2n) is 17.5. The number of halogens is 8. The number of ether oxygens (including phenoxy) is 1. The molecule has 69 heavy (non-hydrogen) atoms. The van der Waals surface area contributed by atoms with Crippen LogP contribution in [0.1, 0.15) is 31.9 Å². The Morgan fingerprint density at radius 1 is 0.652 bits per heavy atom. The highest BCUT2D eigenvalue weighted by Gasteiger charge is 2.39. The maximum absolute atomic E-state index is 15.0. The number of aliphatic hydroxyl groups excluding tert-OH is 2. The van der Waals surface area contributed by atoms with Crippen LogP contribution in [-0.4, -0.2) is 109 Å². The molecule has 4 aromatic carbocycles. The number of fused-ring (bicyclic) bond motifs is 2. The highest BCUT2D eigenvalue weighted by Crippen LogP contribution is 2.38. The van der Waals surface area contributed by atoms with E-state index in [1.807, 2.05) is 0 Å². The summed E-state index contributed by atoms with van der Waals surface area (Å²) in [5.41, 5.74) is -1.13. The van der Waals surface area contributed by atoms with E-state index in [0.29, 0.717) is 28.4 Å². The molecule has 0 bridgehead atoms. The Bertz CT molecular complexity index is 2840. The summed E-state index contributed by atoms with van der Waals surface area (Å²) in [4.78, 5) is 27.5. The topological polar surface area (TPSA) is 166 Å². The summed E-state index contributed by atoms with van der Waals surface area (Å²) in [6.45, 7) is 9.29. The van der Waals surface area contributed by atoms with Gasteiger partial charge in [0.15, 0.2) is 11.6 Å². The second kappa shape index (κ2) is 19.9. The summed E-state index contributed by atoms with van der Waals surface area (Å²) in [5, 5.41) is 43.3. The van der Waals surface area contributed by atoms with Gasteiger partial charge in [-0.2, -0.15) is 26.3 Å². The van der Waals surface area contributed by atoms with Crippen LogP contribution in [0.4, 0.5) is 51.6 Å². The maximum Gasteiger partial charge on any atom is 0.416 e. The Hall–Kier alpha value is -7.00. The van der Waals surface area contributed by atoms with Crippen molar-refractivity contribution < 1.29 is 59.7 Å². The van der Waals surface area contributed by atoms with Gasteiger partial charge in [-0.3, -0.25) is 4.79 Å². The molecule has 0 saturated carbocycles. The van der Waals surface area contributed by atoms with Crippen LogP contribution >= 0.6 is 0 Å². The molecule has 0 spiro atoms. The lowest BCUT2D eigenvalue weighted by molar-refractivity contribution is -0.138. The first-order valence-corrected chi connectivity index (χ1v) is 21.5. The summed E-state index contributed by atoms with van der Waals surface area (Å²) in [6, 6.07) is 16.6. The smallest absolute Gasteiger partial charge is 0.416 e. The van der Waals surface area contributed by atoms with Crippen molar-refractivity contribution in [2.24, 2.45) is 11.8 Å².